The van der Waals surface area contributed by atoms with Crippen LogP contribution in [0.25, 0.3) is 0 Å². The van der Waals surface area contributed by atoms with E-state index in [1.807, 2.05) is 4.90 Å². The Morgan fingerprint density at radius 1 is 1.08 bits per heavy atom. The number of nitrogens with zero attached hydrogens (tertiary/aromatic N) is 4. The van der Waals surface area contributed by atoms with Gasteiger partial charge in [0.15, 0.2) is 0 Å². The lowest BCUT2D eigenvalue weighted by atomic mass is 9.83. The van der Waals surface area contributed by atoms with E-state index in [4.69, 9.17) is 5.26 Å². The van der Waals surface area contributed by atoms with Crippen LogP contribution in [0.15, 0.2) is 42.5 Å². The molecule has 2 amide bonds. The zero-order valence-electron chi connectivity index (χ0n) is 19.2. The summed E-state index contributed by atoms with van der Waals surface area (Å²) in [6.45, 7) is 0.670. The second-order valence-electron chi connectivity index (χ2n) is 9.50. The van der Waals surface area contributed by atoms with Crippen LogP contribution in [0.1, 0.15) is 29.5 Å². The van der Waals surface area contributed by atoms with Crippen molar-refractivity contribution >= 4 is 17.5 Å². The van der Waals surface area contributed by atoms with Crippen molar-refractivity contribution in [2.24, 2.45) is 0 Å². The van der Waals surface area contributed by atoms with Crippen LogP contribution >= 0.6 is 0 Å². The van der Waals surface area contributed by atoms with Gasteiger partial charge in [0.25, 0.3) is 5.91 Å². The largest absolute Gasteiger partial charge is 0.416 e. The van der Waals surface area contributed by atoms with Crippen molar-refractivity contribution in [3.8, 4) is 6.07 Å². The quantitative estimate of drug-likeness (QED) is 0.616. The average molecular weight is 501 g/mol. The predicted molar refractivity (Wildman–Crippen MR) is 121 cm³/mol. The highest BCUT2D eigenvalue weighted by atomic mass is 19.4. The third-order valence-corrected chi connectivity index (χ3v) is 6.91. The minimum Gasteiger partial charge on any atom is -0.320 e. The van der Waals surface area contributed by atoms with Gasteiger partial charge < -0.3 is 15.1 Å². The summed E-state index contributed by atoms with van der Waals surface area (Å²) in [5, 5.41) is 12.4. The third kappa shape index (κ3) is 4.42. The summed E-state index contributed by atoms with van der Waals surface area (Å²) in [7, 11) is 0. The van der Waals surface area contributed by atoms with Crippen molar-refractivity contribution in [1.82, 2.24) is 15.1 Å². The first-order valence-corrected chi connectivity index (χ1v) is 11.5. The maximum absolute atomic E-state index is 14.3. The summed E-state index contributed by atoms with van der Waals surface area (Å²) in [6.07, 6.45) is -2.29. The number of amides is 2. The summed E-state index contributed by atoms with van der Waals surface area (Å²) >= 11 is 0. The van der Waals surface area contributed by atoms with Gasteiger partial charge in [-0.25, -0.2) is 4.39 Å². The van der Waals surface area contributed by atoms with E-state index in [0.717, 1.165) is 31.0 Å². The van der Waals surface area contributed by atoms with Gasteiger partial charge in [-0.15, -0.1) is 0 Å². The number of anilines is 1. The van der Waals surface area contributed by atoms with Gasteiger partial charge in [0.05, 0.1) is 11.1 Å². The normalized spacial score (nSPS) is 20.0. The number of rotatable bonds is 6. The highest BCUT2D eigenvalue weighted by Crippen LogP contribution is 2.37. The Kier molecular flexibility index (Phi) is 5.97. The van der Waals surface area contributed by atoms with Gasteiger partial charge in [-0.05, 0) is 48.7 Å². The molecule has 188 valence electrons. The fourth-order valence-electron chi connectivity index (χ4n) is 4.75. The molecule has 11 heteroatoms. The monoisotopic (exact) mass is 501 g/mol. The first kappa shape index (κ1) is 24.2. The van der Waals surface area contributed by atoms with Gasteiger partial charge in [0.1, 0.15) is 24.0 Å². The van der Waals surface area contributed by atoms with Gasteiger partial charge in [0.2, 0.25) is 5.91 Å². The number of carbonyl (C=O) groups excluding carboxylic acids is 2. The average Bonchev–Trinajstić information content (AvgIpc) is 3.64. The molecule has 2 saturated heterocycles. The molecule has 2 aromatic rings. The molecule has 2 aliphatic heterocycles. The lowest BCUT2D eigenvalue weighted by Crippen LogP contribution is -2.81. The summed E-state index contributed by atoms with van der Waals surface area (Å²) in [5.74, 6) is -1.57. The molecule has 1 N–H and O–H groups in total. The van der Waals surface area contributed by atoms with Gasteiger partial charge in [0, 0.05) is 38.0 Å². The van der Waals surface area contributed by atoms with E-state index in [1.54, 1.807) is 6.07 Å². The molecule has 7 nitrogen and oxygen atoms in total. The standard InChI is InChI=1S/C25H23F4N5O2/c26-21-9-20(8-3-17(21)10-30)33-12-22(35)34(11-16-1-4-18(5-2-16)25(27,28)29)24(23(33)36)13-32(14-24)15-31-19-6-7-19/h1-5,8-9,19,31H,6-7,11-15H2. The molecule has 0 radical (unpaired) electrons. The summed E-state index contributed by atoms with van der Waals surface area (Å²) in [6, 6.07) is 10.5. The molecular formula is C25H23F4N5O2. The maximum atomic E-state index is 14.3. The fraction of sp³-hybridized carbons (Fsp3) is 0.400. The van der Waals surface area contributed by atoms with Gasteiger partial charge >= 0.3 is 6.18 Å². The van der Waals surface area contributed by atoms with Crippen LogP contribution in [0.5, 0.6) is 0 Å². The Labute approximate surface area is 204 Å². The second-order valence-corrected chi connectivity index (χ2v) is 9.50. The van der Waals surface area contributed by atoms with Gasteiger partial charge in [-0.1, -0.05) is 12.1 Å². The fourth-order valence-corrected chi connectivity index (χ4v) is 4.75. The van der Waals surface area contributed by atoms with Crippen molar-refractivity contribution in [2.75, 3.05) is 31.2 Å². The molecule has 0 bridgehead atoms. The molecule has 2 heterocycles. The number of piperazine rings is 1. The number of nitriles is 1. The van der Waals surface area contributed by atoms with E-state index in [-0.39, 0.29) is 43.3 Å². The molecule has 2 aromatic carbocycles. The zero-order chi connectivity index (χ0) is 25.7. The lowest BCUT2D eigenvalue weighted by molar-refractivity contribution is -0.165. The van der Waals surface area contributed by atoms with Crippen molar-refractivity contribution in [2.45, 2.75) is 37.1 Å². The van der Waals surface area contributed by atoms with E-state index in [0.29, 0.717) is 18.3 Å². The number of alkyl halides is 3. The molecule has 0 unspecified atom stereocenters. The topological polar surface area (TPSA) is 79.7 Å². The molecule has 3 fully saturated rings. The molecule has 5 rings (SSSR count). The lowest BCUT2D eigenvalue weighted by Gasteiger charge is -2.58. The highest BCUT2D eigenvalue weighted by molar-refractivity contribution is 6.10. The smallest absolute Gasteiger partial charge is 0.320 e. The number of halogens is 4. The minimum absolute atomic E-state index is 0.0256. The van der Waals surface area contributed by atoms with E-state index in [2.05, 4.69) is 5.32 Å². The second kappa shape index (κ2) is 8.87. The molecule has 36 heavy (non-hydrogen) atoms. The molecule has 3 aliphatic rings. The molecule has 0 atom stereocenters. The Balaban J connectivity index is 1.41. The first-order chi connectivity index (χ1) is 17.1. The van der Waals surface area contributed by atoms with Crippen LogP contribution in [0.3, 0.4) is 0 Å². The minimum atomic E-state index is -4.48. The van der Waals surface area contributed by atoms with E-state index >= 15 is 0 Å². The van der Waals surface area contributed by atoms with Crippen LogP contribution in [-0.4, -0.2) is 59.5 Å². The van der Waals surface area contributed by atoms with Gasteiger partial charge in [-0.3, -0.25) is 14.5 Å². The number of likely N-dealkylation sites (tertiary alicyclic amines) is 1. The zero-order valence-corrected chi connectivity index (χ0v) is 19.2. The molecule has 1 aliphatic carbocycles. The van der Waals surface area contributed by atoms with Crippen LogP contribution in [-0.2, 0) is 22.3 Å². The van der Waals surface area contributed by atoms with Crippen molar-refractivity contribution in [3.05, 3.63) is 65.0 Å². The Morgan fingerprint density at radius 3 is 2.36 bits per heavy atom. The Bertz CT molecular complexity index is 1230. The summed E-state index contributed by atoms with van der Waals surface area (Å²) < 4.78 is 53.2. The third-order valence-electron chi connectivity index (χ3n) is 6.91. The Hall–Kier alpha value is -3.49. The molecule has 0 aromatic heterocycles. The van der Waals surface area contributed by atoms with Crippen LogP contribution in [0, 0.1) is 17.1 Å². The number of nitrogens with one attached hydrogen (secondary N) is 1. The van der Waals surface area contributed by atoms with E-state index in [9.17, 15) is 27.2 Å². The molecule has 1 spiro atoms. The van der Waals surface area contributed by atoms with Crippen molar-refractivity contribution < 1.29 is 27.2 Å². The van der Waals surface area contributed by atoms with Gasteiger partial charge in [-0.2, -0.15) is 18.4 Å². The van der Waals surface area contributed by atoms with E-state index < -0.39 is 29.0 Å². The predicted octanol–water partition coefficient (Wildman–Crippen LogP) is 2.86. The molecule has 1 saturated carbocycles. The SMILES string of the molecule is N#Cc1ccc(N2CC(=O)N(Cc3ccc(C(F)(F)F)cc3)C3(CN(CNC4CC4)C3)C2=O)cc1F. The number of carbonyl (C=O) groups is 2. The summed E-state index contributed by atoms with van der Waals surface area (Å²) in [5.41, 5.74) is -1.55. The molecular weight excluding hydrogens is 478 g/mol. The number of hydrogen-bond acceptors (Lipinski definition) is 5. The number of hydrogen-bond donors (Lipinski definition) is 1. The number of benzene rings is 2. The van der Waals surface area contributed by atoms with Crippen LogP contribution in [0.4, 0.5) is 23.2 Å². The first-order valence-electron chi connectivity index (χ1n) is 11.5. The van der Waals surface area contributed by atoms with Crippen molar-refractivity contribution in [3.63, 3.8) is 0 Å². The van der Waals surface area contributed by atoms with Crippen LogP contribution in [0.2, 0.25) is 0 Å². The Morgan fingerprint density at radius 2 is 1.78 bits per heavy atom. The highest BCUT2D eigenvalue weighted by Gasteiger charge is 2.59. The maximum Gasteiger partial charge on any atom is 0.416 e. The van der Waals surface area contributed by atoms with Crippen molar-refractivity contribution in [1.29, 1.82) is 5.26 Å². The van der Waals surface area contributed by atoms with Crippen LogP contribution < -0.4 is 10.2 Å². The summed E-state index contributed by atoms with van der Waals surface area (Å²) in [4.78, 5) is 31.7. The van der Waals surface area contributed by atoms with E-state index in [1.165, 1.54) is 34.1 Å².